The van der Waals surface area contributed by atoms with Crippen molar-refractivity contribution in [2.75, 3.05) is 33.3 Å². The highest BCUT2D eigenvalue weighted by molar-refractivity contribution is 5.97. The van der Waals surface area contributed by atoms with E-state index in [0.29, 0.717) is 43.2 Å². The number of pyridine rings is 1. The summed E-state index contributed by atoms with van der Waals surface area (Å²) in [6.45, 7) is 4.28. The number of carbonyl (C=O) groups is 2. The first-order valence-corrected chi connectivity index (χ1v) is 9.30. The second kappa shape index (κ2) is 8.66. The Labute approximate surface area is 159 Å². The minimum atomic E-state index is -0.0875. The zero-order valence-electron chi connectivity index (χ0n) is 15.9. The largest absolute Gasteiger partial charge is 0.496 e. The van der Waals surface area contributed by atoms with Crippen LogP contribution in [0.3, 0.4) is 0 Å². The minimum Gasteiger partial charge on any atom is -0.496 e. The van der Waals surface area contributed by atoms with Crippen LogP contribution in [0.5, 0.6) is 5.75 Å². The Balaban J connectivity index is 1.73. The Bertz CT molecular complexity index is 808. The molecule has 0 spiro atoms. The van der Waals surface area contributed by atoms with Crippen LogP contribution in [-0.4, -0.2) is 59.9 Å². The third kappa shape index (κ3) is 4.27. The van der Waals surface area contributed by atoms with Gasteiger partial charge < -0.3 is 14.5 Å². The highest BCUT2D eigenvalue weighted by Gasteiger charge is 2.25. The highest BCUT2D eigenvalue weighted by Crippen LogP contribution is 2.23. The molecule has 1 saturated heterocycles. The summed E-state index contributed by atoms with van der Waals surface area (Å²) in [4.78, 5) is 33.4. The molecule has 2 aromatic rings. The van der Waals surface area contributed by atoms with Crippen molar-refractivity contribution in [2.45, 2.75) is 19.8 Å². The fourth-order valence-corrected chi connectivity index (χ4v) is 3.29. The summed E-state index contributed by atoms with van der Waals surface area (Å²) < 4.78 is 5.38. The second-order valence-corrected chi connectivity index (χ2v) is 6.54. The van der Waals surface area contributed by atoms with Crippen molar-refractivity contribution in [2.24, 2.45) is 0 Å². The van der Waals surface area contributed by atoms with Crippen LogP contribution in [0.15, 0.2) is 42.6 Å². The third-order valence-electron chi connectivity index (χ3n) is 4.86. The lowest BCUT2D eigenvalue weighted by atomic mass is 10.1. The Hall–Kier alpha value is -2.89. The molecular weight excluding hydrogens is 342 g/mol. The third-order valence-corrected chi connectivity index (χ3v) is 4.86. The number of aryl methyl sites for hydroxylation is 1. The predicted molar refractivity (Wildman–Crippen MR) is 103 cm³/mol. The van der Waals surface area contributed by atoms with E-state index in [1.54, 1.807) is 36.4 Å². The van der Waals surface area contributed by atoms with E-state index in [4.69, 9.17) is 4.74 Å². The lowest BCUT2D eigenvalue weighted by Gasteiger charge is -2.23. The van der Waals surface area contributed by atoms with Crippen LogP contribution in [-0.2, 0) is 6.42 Å². The number of amides is 2. The first kappa shape index (κ1) is 18.9. The van der Waals surface area contributed by atoms with E-state index >= 15 is 0 Å². The van der Waals surface area contributed by atoms with Crippen molar-refractivity contribution in [1.29, 1.82) is 0 Å². The molecule has 0 radical (unpaired) electrons. The molecule has 2 heterocycles. The molecule has 0 saturated carbocycles. The SMILES string of the molecule is CCc1ccc(OC)c(C(=O)N2CCCN(C(=O)c3ccccn3)CC2)c1. The average Bonchev–Trinajstić information content (AvgIpc) is 2.99. The van der Waals surface area contributed by atoms with Gasteiger partial charge in [-0.3, -0.25) is 14.6 Å². The van der Waals surface area contributed by atoms with Crippen molar-refractivity contribution >= 4 is 11.8 Å². The maximum atomic E-state index is 13.1. The fourth-order valence-electron chi connectivity index (χ4n) is 3.29. The molecule has 6 heteroatoms. The topological polar surface area (TPSA) is 62.7 Å². The van der Waals surface area contributed by atoms with Crippen molar-refractivity contribution in [3.63, 3.8) is 0 Å². The standard InChI is InChI=1S/C21H25N3O3/c1-3-16-8-9-19(27-2)17(15-16)20(25)23-11-6-12-24(14-13-23)21(26)18-7-4-5-10-22-18/h4-5,7-10,15H,3,6,11-14H2,1-2H3. The smallest absolute Gasteiger partial charge is 0.272 e. The van der Waals surface area contributed by atoms with E-state index in [1.807, 2.05) is 23.1 Å². The number of hydrogen-bond donors (Lipinski definition) is 0. The summed E-state index contributed by atoms with van der Waals surface area (Å²) >= 11 is 0. The Morgan fingerprint density at radius 3 is 2.41 bits per heavy atom. The number of aromatic nitrogens is 1. The second-order valence-electron chi connectivity index (χ2n) is 6.54. The lowest BCUT2D eigenvalue weighted by Crippen LogP contribution is -2.37. The molecule has 0 bridgehead atoms. The van der Waals surface area contributed by atoms with Gasteiger partial charge in [0.05, 0.1) is 12.7 Å². The molecular formula is C21H25N3O3. The van der Waals surface area contributed by atoms with Gasteiger partial charge in [0.2, 0.25) is 0 Å². The van der Waals surface area contributed by atoms with Crippen molar-refractivity contribution in [1.82, 2.24) is 14.8 Å². The van der Waals surface area contributed by atoms with Crippen LogP contribution in [0.1, 0.15) is 39.8 Å². The van der Waals surface area contributed by atoms with E-state index < -0.39 is 0 Å². The van der Waals surface area contributed by atoms with Crippen LogP contribution in [0.2, 0.25) is 0 Å². The first-order chi connectivity index (χ1) is 13.1. The molecule has 142 valence electrons. The van der Waals surface area contributed by atoms with Crippen LogP contribution in [0.25, 0.3) is 0 Å². The number of methoxy groups -OCH3 is 1. The molecule has 1 aliphatic heterocycles. The number of benzene rings is 1. The summed E-state index contributed by atoms with van der Waals surface area (Å²) in [7, 11) is 1.58. The normalized spacial score (nSPS) is 14.6. The maximum absolute atomic E-state index is 13.1. The Kier molecular flexibility index (Phi) is 6.06. The summed E-state index contributed by atoms with van der Waals surface area (Å²) in [6.07, 6.45) is 3.21. The van der Waals surface area contributed by atoms with Crippen LogP contribution < -0.4 is 4.74 Å². The Morgan fingerprint density at radius 2 is 1.78 bits per heavy atom. The number of ether oxygens (including phenoxy) is 1. The number of rotatable bonds is 4. The molecule has 0 aliphatic carbocycles. The lowest BCUT2D eigenvalue weighted by molar-refractivity contribution is 0.0714. The van der Waals surface area contributed by atoms with Crippen LogP contribution in [0, 0.1) is 0 Å². The molecule has 1 aromatic carbocycles. The average molecular weight is 367 g/mol. The summed E-state index contributed by atoms with van der Waals surface area (Å²) in [5.74, 6) is 0.451. The van der Waals surface area contributed by atoms with Crippen molar-refractivity contribution in [3.05, 3.63) is 59.4 Å². The van der Waals surface area contributed by atoms with E-state index in [1.165, 1.54) is 0 Å². The zero-order valence-corrected chi connectivity index (χ0v) is 15.9. The van der Waals surface area contributed by atoms with Gasteiger partial charge in [0.1, 0.15) is 11.4 Å². The molecule has 0 atom stereocenters. The molecule has 1 aromatic heterocycles. The zero-order chi connectivity index (χ0) is 19.2. The van der Waals surface area contributed by atoms with Crippen LogP contribution in [0.4, 0.5) is 0 Å². The van der Waals surface area contributed by atoms with Gasteiger partial charge >= 0.3 is 0 Å². The molecule has 0 N–H and O–H groups in total. The molecule has 6 nitrogen and oxygen atoms in total. The van der Waals surface area contributed by atoms with Gasteiger partial charge in [-0.05, 0) is 42.7 Å². The first-order valence-electron chi connectivity index (χ1n) is 9.30. The molecule has 1 fully saturated rings. The van der Waals surface area contributed by atoms with Gasteiger partial charge in [-0.25, -0.2) is 0 Å². The van der Waals surface area contributed by atoms with E-state index in [2.05, 4.69) is 11.9 Å². The highest BCUT2D eigenvalue weighted by atomic mass is 16.5. The van der Waals surface area contributed by atoms with Crippen molar-refractivity contribution in [3.8, 4) is 5.75 Å². The number of nitrogens with zero attached hydrogens (tertiary/aromatic N) is 3. The molecule has 1 aliphatic rings. The fraction of sp³-hybridized carbons (Fsp3) is 0.381. The predicted octanol–water partition coefficient (Wildman–Crippen LogP) is 2.64. The molecule has 2 amide bonds. The van der Waals surface area contributed by atoms with E-state index in [-0.39, 0.29) is 11.8 Å². The summed E-state index contributed by atoms with van der Waals surface area (Å²) in [6, 6.07) is 11.0. The van der Waals surface area contributed by atoms with Crippen molar-refractivity contribution < 1.29 is 14.3 Å². The minimum absolute atomic E-state index is 0.0470. The van der Waals surface area contributed by atoms with E-state index in [9.17, 15) is 9.59 Å². The Morgan fingerprint density at radius 1 is 1.04 bits per heavy atom. The van der Waals surface area contributed by atoms with Gasteiger partial charge in [0, 0.05) is 32.4 Å². The van der Waals surface area contributed by atoms with Crippen LogP contribution >= 0.6 is 0 Å². The quantitative estimate of drug-likeness (QED) is 0.833. The molecule has 3 rings (SSSR count). The number of carbonyl (C=O) groups excluding carboxylic acids is 2. The van der Waals surface area contributed by atoms with Gasteiger partial charge in [-0.15, -0.1) is 0 Å². The van der Waals surface area contributed by atoms with Gasteiger partial charge in [0.25, 0.3) is 11.8 Å². The van der Waals surface area contributed by atoms with E-state index in [0.717, 1.165) is 18.4 Å². The summed E-state index contributed by atoms with van der Waals surface area (Å²) in [5, 5.41) is 0. The number of hydrogen-bond acceptors (Lipinski definition) is 4. The van der Waals surface area contributed by atoms with Gasteiger partial charge in [-0.2, -0.15) is 0 Å². The van der Waals surface area contributed by atoms with Gasteiger partial charge in [-0.1, -0.05) is 19.1 Å². The molecule has 0 unspecified atom stereocenters. The maximum Gasteiger partial charge on any atom is 0.272 e. The monoisotopic (exact) mass is 367 g/mol. The molecule has 27 heavy (non-hydrogen) atoms. The van der Waals surface area contributed by atoms with Gasteiger partial charge in [0.15, 0.2) is 0 Å². The summed E-state index contributed by atoms with van der Waals surface area (Å²) in [5.41, 5.74) is 2.12.